The number of H-pyrrole nitrogens is 1. The number of hydrogen-bond acceptors (Lipinski definition) is 5. The van der Waals surface area contributed by atoms with Crippen LogP contribution in [0.25, 0.3) is 0 Å². The zero-order valence-electron chi connectivity index (χ0n) is 15.7. The quantitative estimate of drug-likeness (QED) is 0.451. The van der Waals surface area contributed by atoms with Crippen LogP contribution in [0.4, 0.5) is 0 Å². The van der Waals surface area contributed by atoms with Gasteiger partial charge in [-0.15, -0.1) is 11.8 Å². The van der Waals surface area contributed by atoms with E-state index in [1.807, 2.05) is 26.0 Å². The fraction of sp³-hybridized carbons (Fsp3) is 0.350. The predicted molar refractivity (Wildman–Crippen MR) is 102 cm³/mol. The van der Waals surface area contributed by atoms with Gasteiger partial charge in [0.05, 0.1) is 11.4 Å². The van der Waals surface area contributed by atoms with E-state index in [1.54, 1.807) is 13.8 Å². The molecule has 1 aromatic carbocycles. The summed E-state index contributed by atoms with van der Waals surface area (Å²) in [6, 6.07) is 6.02. The molecule has 0 atom stereocenters. The molecular formula is C20H23NO4S. The van der Waals surface area contributed by atoms with E-state index >= 15 is 0 Å². The molecule has 1 heterocycles. The number of aryl methyl sites for hydroxylation is 3. The first kappa shape index (κ1) is 20.0. The molecule has 0 saturated heterocycles. The lowest BCUT2D eigenvalue weighted by Gasteiger charge is -2.07. The van der Waals surface area contributed by atoms with Crippen molar-refractivity contribution in [1.29, 1.82) is 0 Å². The third kappa shape index (κ3) is 4.64. The number of carbonyl (C=O) groups excluding carboxylic acids is 3. The Balaban J connectivity index is 1.92. The van der Waals surface area contributed by atoms with Gasteiger partial charge in [-0.3, -0.25) is 14.4 Å². The van der Waals surface area contributed by atoms with Gasteiger partial charge in [-0.1, -0.05) is 17.7 Å². The number of esters is 1. The maximum atomic E-state index is 12.3. The number of benzene rings is 1. The maximum absolute atomic E-state index is 12.3. The highest BCUT2D eigenvalue weighted by atomic mass is 32.2. The lowest BCUT2D eigenvalue weighted by atomic mass is 10.1. The third-order valence-electron chi connectivity index (χ3n) is 4.11. The molecule has 0 spiro atoms. The van der Waals surface area contributed by atoms with Gasteiger partial charge in [0.2, 0.25) is 5.78 Å². The SMILES string of the molecule is CC(=O)c1c(C)[nH]c(C(=O)COC(=O)CSc2ccc(C)cc2C)c1C. The average Bonchev–Trinajstić information content (AvgIpc) is 2.86. The summed E-state index contributed by atoms with van der Waals surface area (Å²) in [5, 5.41) is 0. The second-order valence-corrected chi connectivity index (χ2v) is 7.34. The van der Waals surface area contributed by atoms with Gasteiger partial charge in [0.25, 0.3) is 0 Å². The van der Waals surface area contributed by atoms with Crippen LogP contribution in [0, 0.1) is 27.7 Å². The van der Waals surface area contributed by atoms with Crippen molar-refractivity contribution in [3.63, 3.8) is 0 Å². The summed E-state index contributed by atoms with van der Waals surface area (Å²) in [7, 11) is 0. The number of rotatable bonds is 7. The summed E-state index contributed by atoms with van der Waals surface area (Å²) in [5.74, 6) is -0.755. The number of hydrogen-bond donors (Lipinski definition) is 1. The van der Waals surface area contributed by atoms with Crippen molar-refractivity contribution < 1.29 is 19.1 Å². The van der Waals surface area contributed by atoms with Gasteiger partial charge in [0.1, 0.15) is 0 Å². The van der Waals surface area contributed by atoms with Crippen molar-refractivity contribution in [2.24, 2.45) is 0 Å². The average molecular weight is 373 g/mol. The van der Waals surface area contributed by atoms with Crippen molar-refractivity contribution in [2.75, 3.05) is 12.4 Å². The summed E-state index contributed by atoms with van der Waals surface area (Å²) < 4.78 is 5.09. The van der Waals surface area contributed by atoms with Crippen molar-refractivity contribution in [1.82, 2.24) is 4.98 Å². The molecule has 0 aliphatic carbocycles. The summed E-state index contributed by atoms with van der Waals surface area (Å²) in [6.07, 6.45) is 0. The highest BCUT2D eigenvalue weighted by Crippen LogP contribution is 2.23. The Morgan fingerprint density at radius 2 is 1.81 bits per heavy atom. The highest BCUT2D eigenvalue weighted by molar-refractivity contribution is 8.00. The summed E-state index contributed by atoms with van der Waals surface area (Å²) >= 11 is 1.39. The van der Waals surface area contributed by atoms with Crippen molar-refractivity contribution in [3.05, 3.63) is 51.8 Å². The Morgan fingerprint density at radius 1 is 1.12 bits per heavy atom. The molecule has 0 fully saturated rings. The Hall–Kier alpha value is -2.34. The van der Waals surface area contributed by atoms with Crippen LogP contribution in [-0.4, -0.2) is 34.9 Å². The standard InChI is InChI=1S/C20H23NO4S/c1-11-6-7-17(12(2)8-11)26-10-18(24)25-9-16(23)20-13(3)19(15(5)22)14(4)21-20/h6-8,21H,9-10H2,1-5H3. The summed E-state index contributed by atoms with van der Waals surface area (Å²) in [4.78, 5) is 39.8. The normalized spacial score (nSPS) is 10.7. The number of ether oxygens (including phenoxy) is 1. The van der Waals surface area contributed by atoms with Gasteiger partial charge < -0.3 is 9.72 Å². The molecule has 6 heteroatoms. The highest BCUT2D eigenvalue weighted by Gasteiger charge is 2.20. The lowest BCUT2D eigenvalue weighted by Crippen LogP contribution is -2.16. The van der Waals surface area contributed by atoms with Gasteiger partial charge in [0, 0.05) is 16.2 Å². The molecule has 1 N–H and O–H groups in total. The van der Waals surface area contributed by atoms with E-state index in [0.29, 0.717) is 22.5 Å². The fourth-order valence-electron chi connectivity index (χ4n) is 2.91. The minimum absolute atomic E-state index is 0.0998. The van der Waals surface area contributed by atoms with Crippen LogP contribution < -0.4 is 0 Å². The van der Waals surface area contributed by atoms with Crippen LogP contribution in [0.2, 0.25) is 0 Å². The molecule has 0 amide bonds. The second-order valence-electron chi connectivity index (χ2n) is 6.32. The molecule has 0 radical (unpaired) electrons. The van der Waals surface area contributed by atoms with Crippen LogP contribution in [0.15, 0.2) is 23.1 Å². The number of thioether (sulfide) groups is 1. The Morgan fingerprint density at radius 3 is 2.38 bits per heavy atom. The first-order valence-corrected chi connectivity index (χ1v) is 9.28. The first-order valence-electron chi connectivity index (χ1n) is 8.29. The van der Waals surface area contributed by atoms with Crippen LogP contribution in [0.5, 0.6) is 0 Å². The largest absolute Gasteiger partial charge is 0.457 e. The van der Waals surface area contributed by atoms with Gasteiger partial charge in [-0.2, -0.15) is 0 Å². The number of ketones is 2. The lowest BCUT2D eigenvalue weighted by molar-refractivity contribution is -0.139. The number of carbonyl (C=O) groups is 3. The van der Waals surface area contributed by atoms with Gasteiger partial charge in [0.15, 0.2) is 12.4 Å². The third-order valence-corrected chi connectivity index (χ3v) is 5.26. The minimum atomic E-state index is -0.448. The van der Waals surface area contributed by atoms with E-state index in [1.165, 1.54) is 24.2 Å². The van der Waals surface area contributed by atoms with E-state index < -0.39 is 5.97 Å². The molecule has 0 aliphatic heterocycles. The van der Waals surface area contributed by atoms with Gasteiger partial charge in [-0.25, -0.2) is 0 Å². The maximum Gasteiger partial charge on any atom is 0.316 e. The Bertz CT molecular complexity index is 867. The predicted octanol–water partition coefficient (Wildman–Crippen LogP) is 3.97. The Labute approximate surface area is 157 Å². The van der Waals surface area contributed by atoms with Crippen LogP contribution in [0.3, 0.4) is 0 Å². The van der Waals surface area contributed by atoms with Crippen LogP contribution >= 0.6 is 11.8 Å². The molecule has 0 aliphatic rings. The fourth-order valence-corrected chi connectivity index (χ4v) is 3.72. The summed E-state index contributed by atoms with van der Waals surface area (Å²) in [6.45, 7) is 8.58. The van der Waals surface area contributed by atoms with Crippen LogP contribution in [0.1, 0.15) is 50.2 Å². The van der Waals surface area contributed by atoms with Crippen molar-refractivity contribution in [2.45, 2.75) is 39.5 Å². The van der Waals surface area contributed by atoms with E-state index in [2.05, 4.69) is 11.1 Å². The number of Topliss-reactive ketones (excluding diaryl/α,β-unsaturated/α-hetero) is 2. The Kier molecular flexibility index (Phi) is 6.42. The summed E-state index contributed by atoms with van der Waals surface area (Å²) in [5.41, 5.74) is 4.36. The molecule has 138 valence electrons. The number of aromatic amines is 1. The second kappa shape index (κ2) is 8.36. The van der Waals surface area contributed by atoms with Gasteiger partial charge >= 0.3 is 5.97 Å². The molecule has 0 bridgehead atoms. The van der Waals surface area contributed by atoms with E-state index in [-0.39, 0.29) is 23.9 Å². The first-order chi connectivity index (χ1) is 12.2. The van der Waals surface area contributed by atoms with Gasteiger partial charge in [-0.05, 0) is 51.8 Å². The van der Waals surface area contributed by atoms with Crippen molar-refractivity contribution in [3.8, 4) is 0 Å². The van der Waals surface area contributed by atoms with E-state index in [9.17, 15) is 14.4 Å². The zero-order chi connectivity index (χ0) is 19.4. The molecular weight excluding hydrogens is 350 g/mol. The molecule has 0 saturated carbocycles. The zero-order valence-corrected chi connectivity index (χ0v) is 16.5. The molecule has 0 unspecified atom stereocenters. The van der Waals surface area contributed by atoms with E-state index in [0.717, 1.165) is 10.5 Å². The molecule has 2 aromatic rings. The van der Waals surface area contributed by atoms with E-state index in [4.69, 9.17) is 4.74 Å². The topological polar surface area (TPSA) is 76.2 Å². The molecule has 2 rings (SSSR count). The van der Waals surface area contributed by atoms with Crippen LogP contribution in [-0.2, 0) is 9.53 Å². The number of nitrogens with one attached hydrogen (secondary N) is 1. The smallest absolute Gasteiger partial charge is 0.316 e. The molecule has 1 aromatic heterocycles. The molecule has 26 heavy (non-hydrogen) atoms. The minimum Gasteiger partial charge on any atom is -0.457 e. The number of aromatic nitrogens is 1. The monoisotopic (exact) mass is 373 g/mol. The van der Waals surface area contributed by atoms with Crippen molar-refractivity contribution >= 4 is 29.3 Å². The molecule has 5 nitrogen and oxygen atoms in total.